The van der Waals surface area contributed by atoms with Crippen LogP contribution in [0.4, 0.5) is 0 Å². The molecule has 1 saturated heterocycles. The lowest BCUT2D eigenvalue weighted by Gasteiger charge is -2.26. The van der Waals surface area contributed by atoms with Gasteiger partial charge in [-0.2, -0.15) is 0 Å². The fraction of sp³-hybridized carbons (Fsp3) is 0.611. The molecule has 23 heavy (non-hydrogen) atoms. The molecule has 1 aliphatic rings. The predicted octanol–water partition coefficient (Wildman–Crippen LogP) is 3.49. The number of halogens is 1. The first-order valence-electron chi connectivity index (χ1n) is 8.62. The van der Waals surface area contributed by atoms with Crippen molar-refractivity contribution in [3.63, 3.8) is 0 Å². The molecule has 1 heterocycles. The molecule has 1 aromatic carbocycles. The van der Waals surface area contributed by atoms with Gasteiger partial charge in [-0.05, 0) is 43.5 Å². The molecule has 0 saturated carbocycles. The Morgan fingerprint density at radius 2 is 1.78 bits per heavy atom. The van der Waals surface area contributed by atoms with Crippen LogP contribution in [-0.2, 0) is 13.1 Å². The molecule has 0 amide bonds. The topological polar surface area (TPSA) is 53.6 Å². The van der Waals surface area contributed by atoms with E-state index in [9.17, 15) is 0 Å². The number of nitrogens with two attached hydrogens (primary N) is 1. The summed E-state index contributed by atoms with van der Waals surface area (Å²) in [5.41, 5.74) is 8.45. The largest absolute Gasteiger partial charge is 0.370 e. The van der Waals surface area contributed by atoms with E-state index >= 15 is 0 Å². The first-order valence-corrected chi connectivity index (χ1v) is 8.62. The van der Waals surface area contributed by atoms with Crippen LogP contribution >= 0.6 is 24.0 Å². The highest BCUT2D eigenvalue weighted by atomic mass is 127. The Balaban J connectivity index is 0.00000264. The lowest BCUT2D eigenvalue weighted by atomic mass is 10.1. The third-order valence-corrected chi connectivity index (χ3v) is 4.15. The van der Waals surface area contributed by atoms with E-state index in [2.05, 4.69) is 46.4 Å². The van der Waals surface area contributed by atoms with Crippen molar-refractivity contribution in [3.05, 3.63) is 35.4 Å². The Hall–Kier alpha value is -0.820. The number of likely N-dealkylation sites (tertiary alicyclic amines) is 1. The van der Waals surface area contributed by atoms with Crippen molar-refractivity contribution in [3.8, 4) is 0 Å². The van der Waals surface area contributed by atoms with Crippen molar-refractivity contribution in [1.82, 2.24) is 10.2 Å². The van der Waals surface area contributed by atoms with Crippen LogP contribution in [0, 0.1) is 0 Å². The molecule has 130 valence electrons. The minimum absolute atomic E-state index is 0. The van der Waals surface area contributed by atoms with Gasteiger partial charge in [0.2, 0.25) is 0 Å². The summed E-state index contributed by atoms with van der Waals surface area (Å²) >= 11 is 0. The van der Waals surface area contributed by atoms with E-state index in [1.165, 1.54) is 49.9 Å². The summed E-state index contributed by atoms with van der Waals surface area (Å²) in [7, 11) is 0. The summed E-state index contributed by atoms with van der Waals surface area (Å²) in [5, 5.41) is 3.14. The normalized spacial score (nSPS) is 16.0. The van der Waals surface area contributed by atoms with E-state index in [0.717, 1.165) is 19.5 Å². The van der Waals surface area contributed by atoms with Crippen LogP contribution in [0.5, 0.6) is 0 Å². The van der Waals surface area contributed by atoms with Crippen molar-refractivity contribution >= 4 is 29.9 Å². The molecule has 0 atom stereocenters. The first-order chi connectivity index (χ1) is 10.8. The number of hydrogen-bond donors (Lipinski definition) is 2. The van der Waals surface area contributed by atoms with E-state index in [1.807, 2.05) is 0 Å². The molecular formula is C18H31IN4. The molecule has 0 aromatic heterocycles. The molecule has 1 aliphatic heterocycles. The molecule has 2 rings (SSSR count). The Morgan fingerprint density at radius 3 is 2.43 bits per heavy atom. The number of benzene rings is 1. The monoisotopic (exact) mass is 430 g/mol. The smallest absolute Gasteiger partial charge is 0.188 e. The number of aliphatic imine (C=N–C) groups is 1. The summed E-state index contributed by atoms with van der Waals surface area (Å²) in [5.74, 6) is 0.547. The highest BCUT2D eigenvalue weighted by Crippen LogP contribution is 2.13. The van der Waals surface area contributed by atoms with Gasteiger partial charge in [-0.15, -0.1) is 24.0 Å². The maximum atomic E-state index is 5.85. The molecule has 1 fully saturated rings. The molecule has 0 radical (unpaired) electrons. The van der Waals surface area contributed by atoms with Gasteiger partial charge in [0.25, 0.3) is 0 Å². The Kier molecular flexibility index (Phi) is 10.3. The summed E-state index contributed by atoms with van der Waals surface area (Å²) in [6.07, 6.45) is 6.37. The van der Waals surface area contributed by atoms with Crippen LogP contribution in [0.15, 0.2) is 29.3 Å². The Morgan fingerprint density at radius 1 is 1.13 bits per heavy atom. The third kappa shape index (κ3) is 8.01. The van der Waals surface area contributed by atoms with Crippen molar-refractivity contribution in [1.29, 1.82) is 0 Å². The second-order valence-electron chi connectivity index (χ2n) is 6.14. The van der Waals surface area contributed by atoms with Gasteiger partial charge in [-0.25, -0.2) is 4.99 Å². The first kappa shape index (κ1) is 20.2. The van der Waals surface area contributed by atoms with E-state index < -0.39 is 0 Å². The van der Waals surface area contributed by atoms with Crippen molar-refractivity contribution in [2.45, 2.75) is 52.1 Å². The summed E-state index contributed by atoms with van der Waals surface area (Å²) < 4.78 is 0. The van der Waals surface area contributed by atoms with Crippen LogP contribution in [0.1, 0.15) is 50.2 Å². The molecule has 4 nitrogen and oxygen atoms in total. The third-order valence-electron chi connectivity index (χ3n) is 4.15. The van der Waals surface area contributed by atoms with Crippen molar-refractivity contribution in [2.75, 3.05) is 19.6 Å². The lowest BCUT2D eigenvalue weighted by molar-refractivity contribution is 0.221. The number of nitrogens with one attached hydrogen (secondary N) is 1. The Labute approximate surface area is 157 Å². The van der Waals surface area contributed by atoms with Gasteiger partial charge >= 0.3 is 0 Å². The van der Waals surface area contributed by atoms with Gasteiger partial charge < -0.3 is 11.1 Å². The van der Waals surface area contributed by atoms with E-state index in [1.54, 1.807) is 0 Å². The standard InChI is InChI=1S/C18H30N4.HI/c1-2-3-11-20-18(19)21-14-16-7-9-17(10-8-16)15-22-12-5-4-6-13-22;/h7-10H,2-6,11-15H2,1H3,(H3,19,20,21);1H. The quantitative estimate of drug-likeness (QED) is 0.301. The molecular weight excluding hydrogens is 399 g/mol. The second kappa shape index (κ2) is 11.7. The number of nitrogens with zero attached hydrogens (tertiary/aromatic N) is 2. The molecule has 0 bridgehead atoms. The zero-order valence-electron chi connectivity index (χ0n) is 14.3. The number of guanidine groups is 1. The van der Waals surface area contributed by atoms with Crippen LogP contribution in [0.2, 0.25) is 0 Å². The van der Waals surface area contributed by atoms with Crippen LogP contribution < -0.4 is 11.1 Å². The highest BCUT2D eigenvalue weighted by molar-refractivity contribution is 14.0. The van der Waals surface area contributed by atoms with Crippen molar-refractivity contribution < 1.29 is 0 Å². The van der Waals surface area contributed by atoms with E-state index in [0.29, 0.717) is 12.5 Å². The van der Waals surface area contributed by atoms with Crippen LogP contribution in [0.3, 0.4) is 0 Å². The predicted molar refractivity (Wildman–Crippen MR) is 109 cm³/mol. The number of hydrogen-bond acceptors (Lipinski definition) is 2. The zero-order chi connectivity index (χ0) is 15.6. The van der Waals surface area contributed by atoms with E-state index in [4.69, 9.17) is 5.73 Å². The fourth-order valence-electron chi connectivity index (χ4n) is 2.75. The lowest BCUT2D eigenvalue weighted by Crippen LogP contribution is -2.32. The SMILES string of the molecule is CCCCNC(N)=NCc1ccc(CN2CCCCC2)cc1.I. The molecule has 0 spiro atoms. The van der Waals surface area contributed by atoms with E-state index in [-0.39, 0.29) is 24.0 Å². The summed E-state index contributed by atoms with van der Waals surface area (Å²) in [6, 6.07) is 8.78. The second-order valence-corrected chi connectivity index (χ2v) is 6.14. The number of unbranched alkanes of at least 4 members (excludes halogenated alkanes) is 1. The van der Waals surface area contributed by atoms with Crippen molar-refractivity contribution in [2.24, 2.45) is 10.7 Å². The van der Waals surface area contributed by atoms with Gasteiger partial charge in [0.05, 0.1) is 6.54 Å². The number of piperidine rings is 1. The molecule has 5 heteroatoms. The summed E-state index contributed by atoms with van der Waals surface area (Å²) in [6.45, 7) is 7.28. The zero-order valence-corrected chi connectivity index (χ0v) is 16.6. The van der Waals surface area contributed by atoms with Gasteiger partial charge in [0, 0.05) is 13.1 Å². The minimum Gasteiger partial charge on any atom is -0.370 e. The minimum atomic E-state index is 0. The molecule has 0 unspecified atom stereocenters. The molecule has 0 aliphatic carbocycles. The highest BCUT2D eigenvalue weighted by Gasteiger charge is 2.09. The van der Waals surface area contributed by atoms with Gasteiger partial charge in [-0.1, -0.05) is 44.0 Å². The maximum absolute atomic E-state index is 5.85. The average molecular weight is 430 g/mol. The maximum Gasteiger partial charge on any atom is 0.188 e. The Bertz CT molecular complexity index is 453. The molecule has 3 N–H and O–H groups in total. The van der Waals surface area contributed by atoms with Gasteiger partial charge in [-0.3, -0.25) is 4.90 Å². The van der Waals surface area contributed by atoms with Crippen LogP contribution in [-0.4, -0.2) is 30.5 Å². The molecule has 1 aromatic rings. The summed E-state index contributed by atoms with van der Waals surface area (Å²) in [4.78, 5) is 6.93. The average Bonchev–Trinajstić information content (AvgIpc) is 2.55. The fourth-order valence-corrected chi connectivity index (χ4v) is 2.75. The van der Waals surface area contributed by atoms with Crippen LogP contribution in [0.25, 0.3) is 0 Å². The van der Waals surface area contributed by atoms with Gasteiger partial charge in [0.1, 0.15) is 0 Å². The number of rotatable bonds is 7. The van der Waals surface area contributed by atoms with Gasteiger partial charge in [0.15, 0.2) is 5.96 Å².